The van der Waals surface area contributed by atoms with E-state index in [0.29, 0.717) is 40.2 Å². The van der Waals surface area contributed by atoms with Crippen molar-refractivity contribution in [1.29, 1.82) is 0 Å². The number of halogens is 2. The Morgan fingerprint density at radius 2 is 1.88 bits per heavy atom. The van der Waals surface area contributed by atoms with E-state index in [1.54, 1.807) is 33.8 Å². The number of carbonyl (C=O) groups excluding carboxylic acids is 2. The van der Waals surface area contributed by atoms with E-state index in [0.717, 1.165) is 11.3 Å². The first-order valence-electron chi connectivity index (χ1n) is 10.6. The molecule has 10 heteroatoms. The van der Waals surface area contributed by atoms with Gasteiger partial charge in [0.25, 0.3) is 0 Å². The van der Waals surface area contributed by atoms with Crippen molar-refractivity contribution in [2.24, 2.45) is 0 Å². The highest BCUT2D eigenvalue weighted by molar-refractivity contribution is 6.31. The molecule has 1 unspecified atom stereocenters. The monoisotopic (exact) mass is 484 g/mol. The van der Waals surface area contributed by atoms with Gasteiger partial charge in [0, 0.05) is 28.8 Å². The Bertz CT molecular complexity index is 1260. The highest BCUT2D eigenvalue weighted by atomic mass is 35.5. The fourth-order valence-corrected chi connectivity index (χ4v) is 5.04. The standard InChI is InChI=1S/C23H22Cl2N6O2/c1-13(14-3-5-15(24)6-4-14)31-21-20(28-29-31)23(12-19(32)27-21)17-11-16(25)7-8-18(17)30(22(23)33)10-9-26-2/h3-8,11,13,26H,9-10,12H2,1-2H3,(H,27,32)/t13?,23-/m1/s1. The van der Waals surface area contributed by atoms with Crippen molar-refractivity contribution in [3.05, 3.63) is 69.3 Å². The largest absolute Gasteiger partial charge is 0.318 e. The molecule has 0 bridgehead atoms. The quantitative estimate of drug-likeness (QED) is 0.578. The normalized spacial score (nSPS) is 20.1. The maximum atomic E-state index is 13.9. The topological polar surface area (TPSA) is 92.2 Å². The first-order valence-corrected chi connectivity index (χ1v) is 11.4. The molecule has 2 aliphatic rings. The van der Waals surface area contributed by atoms with E-state index in [4.69, 9.17) is 23.2 Å². The average molecular weight is 485 g/mol. The Labute approximate surface area is 200 Å². The number of fused-ring (bicyclic) bond motifs is 4. The molecule has 3 aromatic rings. The molecule has 0 fully saturated rings. The zero-order valence-corrected chi connectivity index (χ0v) is 19.6. The number of hydrogen-bond donors (Lipinski definition) is 2. The summed E-state index contributed by atoms with van der Waals surface area (Å²) in [6.07, 6.45) is -0.0593. The van der Waals surface area contributed by atoms with E-state index in [-0.39, 0.29) is 24.3 Å². The maximum Gasteiger partial charge on any atom is 0.244 e. The number of carbonyl (C=O) groups is 2. The lowest BCUT2D eigenvalue weighted by Gasteiger charge is -2.31. The van der Waals surface area contributed by atoms with Gasteiger partial charge in [0.2, 0.25) is 11.8 Å². The van der Waals surface area contributed by atoms with Gasteiger partial charge < -0.3 is 15.5 Å². The molecule has 3 heterocycles. The molecule has 2 aliphatic heterocycles. The van der Waals surface area contributed by atoms with Gasteiger partial charge in [0.1, 0.15) is 11.1 Å². The number of benzene rings is 2. The Morgan fingerprint density at radius 3 is 2.61 bits per heavy atom. The van der Waals surface area contributed by atoms with E-state index in [1.807, 2.05) is 32.2 Å². The van der Waals surface area contributed by atoms with Crippen molar-refractivity contribution in [3.8, 4) is 0 Å². The molecule has 5 rings (SSSR count). The van der Waals surface area contributed by atoms with E-state index in [9.17, 15) is 9.59 Å². The maximum absolute atomic E-state index is 13.9. The minimum atomic E-state index is -1.27. The third kappa shape index (κ3) is 3.32. The highest BCUT2D eigenvalue weighted by Crippen LogP contribution is 2.52. The highest BCUT2D eigenvalue weighted by Gasteiger charge is 2.58. The Balaban J connectivity index is 1.67. The van der Waals surface area contributed by atoms with Gasteiger partial charge in [-0.15, -0.1) is 5.10 Å². The molecule has 2 aromatic carbocycles. The van der Waals surface area contributed by atoms with Gasteiger partial charge in [-0.2, -0.15) is 0 Å². The number of aromatic nitrogens is 3. The van der Waals surface area contributed by atoms with Crippen LogP contribution in [-0.2, 0) is 15.0 Å². The van der Waals surface area contributed by atoms with Crippen LogP contribution in [0.25, 0.3) is 0 Å². The lowest BCUT2D eigenvalue weighted by atomic mass is 9.73. The second-order valence-corrected chi connectivity index (χ2v) is 9.18. The summed E-state index contributed by atoms with van der Waals surface area (Å²) < 4.78 is 1.64. The van der Waals surface area contributed by atoms with E-state index >= 15 is 0 Å². The van der Waals surface area contributed by atoms with Gasteiger partial charge in [0.05, 0.1) is 12.5 Å². The van der Waals surface area contributed by atoms with Crippen molar-refractivity contribution in [1.82, 2.24) is 20.3 Å². The molecule has 2 amide bonds. The average Bonchev–Trinajstić information content (AvgIpc) is 3.31. The Morgan fingerprint density at radius 1 is 1.15 bits per heavy atom. The predicted molar refractivity (Wildman–Crippen MR) is 127 cm³/mol. The number of nitrogens with one attached hydrogen (secondary N) is 2. The van der Waals surface area contributed by atoms with E-state index in [2.05, 4.69) is 20.9 Å². The Kier molecular flexibility index (Phi) is 5.39. The van der Waals surface area contributed by atoms with Crippen LogP contribution in [0.15, 0.2) is 42.5 Å². The fourth-order valence-electron chi connectivity index (χ4n) is 4.74. The number of nitrogens with zero attached hydrogens (tertiary/aromatic N) is 4. The summed E-state index contributed by atoms with van der Waals surface area (Å²) in [5.41, 5.74) is 1.52. The van der Waals surface area contributed by atoms with E-state index < -0.39 is 5.41 Å². The van der Waals surface area contributed by atoms with Crippen molar-refractivity contribution >= 4 is 46.5 Å². The van der Waals surface area contributed by atoms with Crippen LogP contribution in [0.5, 0.6) is 0 Å². The number of rotatable bonds is 5. The molecule has 2 N–H and O–H groups in total. The van der Waals surface area contributed by atoms with Crippen LogP contribution in [0.3, 0.4) is 0 Å². The van der Waals surface area contributed by atoms with Gasteiger partial charge in [-0.05, 0) is 55.4 Å². The lowest BCUT2D eigenvalue weighted by Crippen LogP contribution is -2.48. The molecule has 1 aromatic heterocycles. The number of amides is 2. The number of likely N-dealkylation sites (N-methyl/N-ethyl adjacent to an activating group) is 1. The predicted octanol–water partition coefficient (Wildman–Crippen LogP) is 3.39. The molecule has 1 spiro atoms. The molecular formula is C23H22Cl2N6O2. The molecule has 0 saturated heterocycles. The number of hydrogen-bond acceptors (Lipinski definition) is 5. The molecular weight excluding hydrogens is 463 g/mol. The zero-order chi connectivity index (χ0) is 23.3. The second kappa shape index (κ2) is 8.13. The first kappa shape index (κ1) is 21.9. The molecule has 170 valence electrons. The summed E-state index contributed by atoms with van der Waals surface area (Å²) in [5.74, 6) is -0.0511. The SMILES string of the molecule is CNCCN1C(=O)[C@]2(CC(=O)Nc3c2nnn3C(C)c2ccc(Cl)cc2)c2cc(Cl)ccc21. The molecule has 8 nitrogen and oxygen atoms in total. The van der Waals surface area contributed by atoms with Crippen LogP contribution in [0.1, 0.15) is 36.2 Å². The lowest BCUT2D eigenvalue weighted by molar-refractivity contribution is -0.126. The van der Waals surface area contributed by atoms with Gasteiger partial charge in [0.15, 0.2) is 5.82 Å². The summed E-state index contributed by atoms with van der Waals surface area (Å²) in [7, 11) is 1.83. The van der Waals surface area contributed by atoms with E-state index in [1.165, 1.54) is 0 Å². The van der Waals surface area contributed by atoms with Crippen LogP contribution >= 0.6 is 23.2 Å². The van der Waals surface area contributed by atoms with Crippen LogP contribution in [0.4, 0.5) is 11.5 Å². The summed E-state index contributed by atoms with van der Waals surface area (Å²) >= 11 is 12.4. The minimum absolute atomic E-state index is 0.0593. The molecule has 0 saturated carbocycles. The van der Waals surface area contributed by atoms with Crippen LogP contribution < -0.4 is 15.5 Å². The molecule has 0 radical (unpaired) electrons. The second-order valence-electron chi connectivity index (χ2n) is 8.31. The third-order valence-electron chi connectivity index (χ3n) is 6.41. The van der Waals surface area contributed by atoms with Crippen LogP contribution in [0, 0.1) is 0 Å². The zero-order valence-electron chi connectivity index (χ0n) is 18.1. The first-order chi connectivity index (χ1) is 15.9. The van der Waals surface area contributed by atoms with Gasteiger partial charge >= 0.3 is 0 Å². The smallest absolute Gasteiger partial charge is 0.244 e. The van der Waals surface area contributed by atoms with Crippen molar-refractivity contribution < 1.29 is 9.59 Å². The van der Waals surface area contributed by atoms with Gasteiger partial charge in [-0.3, -0.25) is 9.59 Å². The van der Waals surface area contributed by atoms with Crippen molar-refractivity contribution in [2.75, 3.05) is 30.4 Å². The minimum Gasteiger partial charge on any atom is -0.318 e. The molecule has 33 heavy (non-hydrogen) atoms. The van der Waals surface area contributed by atoms with Crippen molar-refractivity contribution in [3.63, 3.8) is 0 Å². The molecule has 2 atom stereocenters. The fraction of sp³-hybridized carbons (Fsp3) is 0.304. The summed E-state index contributed by atoms with van der Waals surface area (Å²) in [6, 6.07) is 12.5. The Hall–Kier alpha value is -2.94. The van der Waals surface area contributed by atoms with Crippen LogP contribution in [-0.4, -0.2) is 46.9 Å². The summed E-state index contributed by atoms with van der Waals surface area (Å²) in [6.45, 7) is 3.01. The van der Waals surface area contributed by atoms with Gasteiger partial charge in [-0.1, -0.05) is 40.5 Å². The van der Waals surface area contributed by atoms with Crippen LogP contribution in [0.2, 0.25) is 10.0 Å². The van der Waals surface area contributed by atoms with Crippen molar-refractivity contribution in [2.45, 2.75) is 24.8 Å². The summed E-state index contributed by atoms with van der Waals surface area (Å²) in [4.78, 5) is 28.6. The molecule has 0 aliphatic carbocycles. The summed E-state index contributed by atoms with van der Waals surface area (Å²) in [5, 5.41) is 15.9. The third-order valence-corrected chi connectivity index (χ3v) is 6.89. The van der Waals surface area contributed by atoms with Gasteiger partial charge in [-0.25, -0.2) is 4.68 Å². The number of anilines is 2.